The topological polar surface area (TPSA) is 73.2 Å². The Labute approximate surface area is 130 Å². The summed E-state index contributed by atoms with van der Waals surface area (Å²) in [5.74, 6) is 0. The Balaban J connectivity index is 2.07. The van der Waals surface area contributed by atoms with Gasteiger partial charge in [-0.15, -0.1) is 0 Å². The van der Waals surface area contributed by atoms with Gasteiger partial charge in [-0.2, -0.15) is 5.26 Å². The van der Waals surface area contributed by atoms with Crippen molar-refractivity contribution in [1.82, 2.24) is 9.62 Å². The molecule has 0 radical (unpaired) electrons. The summed E-state index contributed by atoms with van der Waals surface area (Å²) in [6, 6.07) is 5.86. The summed E-state index contributed by atoms with van der Waals surface area (Å²) in [6.45, 7) is 4.59. The second-order valence-corrected chi connectivity index (χ2v) is 7.40. The fourth-order valence-electron chi connectivity index (χ4n) is 2.48. The van der Waals surface area contributed by atoms with Crippen molar-refractivity contribution in [2.45, 2.75) is 30.7 Å². The van der Waals surface area contributed by atoms with Gasteiger partial charge in [0.25, 0.3) is 0 Å². The van der Waals surface area contributed by atoms with E-state index in [0.717, 1.165) is 13.1 Å². The maximum Gasteiger partial charge on any atom is 0.240 e. The van der Waals surface area contributed by atoms with Crippen LogP contribution < -0.4 is 4.72 Å². The van der Waals surface area contributed by atoms with Crippen LogP contribution in [0.5, 0.6) is 0 Å². The van der Waals surface area contributed by atoms with Gasteiger partial charge in [0.1, 0.15) is 6.07 Å². The molecule has 0 aliphatic carbocycles. The number of benzene rings is 1. The molecule has 1 fully saturated rings. The molecule has 0 aromatic heterocycles. The average molecular weight is 328 g/mol. The molecule has 1 aromatic carbocycles. The van der Waals surface area contributed by atoms with E-state index in [2.05, 4.69) is 9.62 Å². The molecular formula is C14H18ClN3O2S. The number of halogens is 1. The highest BCUT2D eigenvalue weighted by molar-refractivity contribution is 7.89. The van der Waals surface area contributed by atoms with Crippen molar-refractivity contribution in [2.75, 3.05) is 19.6 Å². The highest BCUT2D eigenvalue weighted by atomic mass is 35.5. The zero-order valence-electron chi connectivity index (χ0n) is 11.8. The number of sulfonamides is 1. The number of hydrogen-bond acceptors (Lipinski definition) is 4. The van der Waals surface area contributed by atoms with Crippen LogP contribution in [-0.2, 0) is 10.0 Å². The summed E-state index contributed by atoms with van der Waals surface area (Å²) >= 11 is 5.89. The van der Waals surface area contributed by atoms with Crippen LogP contribution in [0.4, 0.5) is 0 Å². The third-order valence-corrected chi connectivity index (χ3v) is 5.36. The van der Waals surface area contributed by atoms with Crippen molar-refractivity contribution in [3.8, 4) is 6.07 Å². The number of nitrogens with one attached hydrogen (secondary N) is 1. The molecular weight excluding hydrogens is 310 g/mol. The minimum atomic E-state index is -3.62. The van der Waals surface area contributed by atoms with Crippen LogP contribution in [0, 0.1) is 11.3 Å². The van der Waals surface area contributed by atoms with Gasteiger partial charge in [0.15, 0.2) is 0 Å². The lowest BCUT2D eigenvalue weighted by Gasteiger charge is -2.21. The fourth-order valence-corrected chi connectivity index (χ4v) is 4.02. The second kappa shape index (κ2) is 6.75. The molecule has 0 saturated carbocycles. The zero-order valence-corrected chi connectivity index (χ0v) is 13.4. The van der Waals surface area contributed by atoms with Gasteiger partial charge in [0.05, 0.1) is 15.5 Å². The van der Waals surface area contributed by atoms with Crippen molar-refractivity contribution in [3.63, 3.8) is 0 Å². The van der Waals surface area contributed by atoms with Gasteiger partial charge in [-0.05, 0) is 51.1 Å². The van der Waals surface area contributed by atoms with Crippen LogP contribution in [0.3, 0.4) is 0 Å². The fraction of sp³-hybridized carbons (Fsp3) is 0.500. The third kappa shape index (κ3) is 4.17. The zero-order chi connectivity index (χ0) is 15.5. The van der Waals surface area contributed by atoms with E-state index in [1.54, 1.807) is 0 Å². The van der Waals surface area contributed by atoms with E-state index in [1.165, 1.54) is 31.0 Å². The molecule has 1 saturated heterocycles. The van der Waals surface area contributed by atoms with Crippen molar-refractivity contribution in [2.24, 2.45) is 0 Å². The first-order valence-corrected chi connectivity index (χ1v) is 8.73. The molecule has 114 valence electrons. The second-order valence-electron chi connectivity index (χ2n) is 5.28. The summed E-state index contributed by atoms with van der Waals surface area (Å²) < 4.78 is 27.2. The van der Waals surface area contributed by atoms with Gasteiger partial charge in [-0.1, -0.05) is 11.6 Å². The van der Waals surface area contributed by atoms with Crippen LogP contribution in [0.2, 0.25) is 5.02 Å². The van der Waals surface area contributed by atoms with Gasteiger partial charge in [-0.25, -0.2) is 13.1 Å². The molecule has 1 atom stereocenters. The quantitative estimate of drug-likeness (QED) is 0.897. The van der Waals surface area contributed by atoms with E-state index in [1.807, 2.05) is 13.0 Å². The monoisotopic (exact) mass is 327 g/mol. The van der Waals surface area contributed by atoms with Crippen LogP contribution in [0.15, 0.2) is 23.1 Å². The molecule has 2 rings (SSSR count). The van der Waals surface area contributed by atoms with E-state index >= 15 is 0 Å². The Morgan fingerprint density at radius 3 is 2.67 bits per heavy atom. The average Bonchev–Trinajstić information content (AvgIpc) is 2.90. The third-order valence-electron chi connectivity index (χ3n) is 3.46. The van der Waals surface area contributed by atoms with Gasteiger partial charge in [0.2, 0.25) is 10.0 Å². The molecule has 21 heavy (non-hydrogen) atoms. The maximum atomic E-state index is 12.3. The van der Waals surface area contributed by atoms with E-state index in [9.17, 15) is 8.42 Å². The normalized spacial score (nSPS) is 17.6. The molecule has 1 aromatic rings. The maximum absolute atomic E-state index is 12.3. The van der Waals surface area contributed by atoms with Crippen molar-refractivity contribution < 1.29 is 8.42 Å². The predicted molar refractivity (Wildman–Crippen MR) is 81.6 cm³/mol. The largest absolute Gasteiger partial charge is 0.302 e. The molecule has 1 heterocycles. The first-order chi connectivity index (χ1) is 9.92. The minimum absolute atomic E-state index is 0.0831. The van der Waals surface area contributed by atoms with Gasteiger partial charge in [-0.3, -0.25) is 0 Å². The summed E-state index contributed by atoms with van der Waals surface area (Å²) in [6.07, 6.45) is 2.34. The van der Waals surface area contributed by atoms with Crippen molar-refractivity contribution >= 4 is 21.6 Å². The lowest BCUT2D eigenvalue weighted by atomic mass is 10.2. The van der Waals surface area contributed by atoms with Crippen LogP contribution in [0.25, 0.3) is 0 Å². The molecule has 1 unspecified atom stereocenters. The lowest BCUT2D eigenvalue weighted by molar-refractivity contribution is 0.313. The minimum Gasteiger partial charge on any atom is -0.302 e. The molecule has 1 aliphatic rings. The van der Waals surface area contributed by atoms with Crippen molar-refractivity contribution in [1.29, 1.82) is 5.26 Å². The summed E-state index contributed by atoms with van der Waals surface area (Å²) in [5.41, 5.74) is 0.265. The van der Waals surface area contributed by atoms with Gasteiger partial charge < -0.3 is 4.90 Å². The summed E-state index contributed by atoms with van der Waals surface area (Å²) in [4.78, 5) is 2.33. The number of nitriles is 1. The molecule has 7 heteroatoms. The Morgan fingerprint density at radius 1 is 1.43 bits per heavy atom. The van der Waals surface area contributed by atoms with Crippen molar-refractivity contribution in [3.05, 3.63) is 28.8 Å². The molecule has 5 nitrogen and oxygen atoms in total. The predicted octanol–water partition coefficient (Wildman–Crippen LogP) is 1.97. The molecule has 0 amide bonds. The van der Waals surface area contributed by atoms with Gasteiger partial charge >= 0.3 is 0 Å². The highest BCUT2D eigenvalue weighted by Crippen LogP contribution is 2.20. The Morgan fingerprint density at radius 2 is 2.10 bits per heavy atom. The number of hydrogen-bond donors (Lipinski definition) is 1. The van der Waals surface area contributed by atoms with E-state index in [-0.39, 0.29) is 21.5 Å². The Hall–Kier alpha value is -1.13. The molecule has 0 spiro atoms. The summed E-state index contributed by atoms with van der Waals surface area (Å²) in [7, 11) is -3.62. The van der Waals surface area contributed by atoms with Crippen LogP contribution in [-0.4, -0.2) is 39.0 Å². The standard InChI is InChI=1S/C14H18ClN3O2S/c1-11(10-18-6-2-3-7-18)17-21(19,20)13-5-4-12(9-16)14(15)8-13/h4-5,8,11,17H,2-3,6-7,10H2,1H3. The van der Waals surface area contributed by atoms with E-state index in [0.29, 0.717) is 6.54 Å². The van der Waals surface area contributed by atoms with E-state index < -0.39 is 10.0 Å². The van der Waals surface area contributed by atoms with E-state index in [4.69, 9.17) is 16.9 Å². The van der Waals surface area contributed by atoms with Crippen LogP contribution >= 0.6 is 11.6 Å². The van der Waals surface area contributed by atoms with Crippen LogP contribution in [0.1, 0.15) is 25.3 Å². The SMILES string of the molecule is CC(CN1CCCC1)NS(=O)(=O)c1ccc(C#N)c(Cl)c1. The first-order valence-electron chi connectivity index (χ1n) is 6.87. The van der Waals surface area contributed by atoms with Gasteiger partial charge in [0, 0.05) is 12.6 Å². The lowest BCUT2D eigenvalue weighted by Crippen LogP contribution is -2.41. The Bertz CT molecular complexity index is 649. The number of likely N-dealkylation sites (tertiary alicyclic amines) is 1. The number of nitrogens with zero attached hydrogens (tertiary/aromatic N) is 2. The highest BCUT2D eigenvalue weighted by Gasteiger charge is 2.21. The molecule has 0 bridgehead atoms. The number of rotatable bonds is 5. The summed E-state index contributed by atoms with van der Waals surface area (Å²) in [5, 5.41) is 8.96. The first kappa shape index (κ1) is 16.2. The molecule has 1 N–H and O–H groups in total. The Kier molecular flexibility index (Phi) is 5.22. The molecule has 1 aliphatic heterocycles. The smallest absolute Gasteiger partial charge is 0.240 e.